The third-order valence-corrected chi connectivity index (χ3v) is 4.55. The van der Waals surface area contributed by atoms with Gasteiger partial charge in [0.15, 0.2) is 0 Å². The molecule has 0 radical (unpaired) electrons. The number of hydrogen-bond donors (Lipinski definition) is 2. The summed E-state index contributed by atoms with van der Waals surface area (Å²) < 4.78 is 32.0. The summed E-state index contributed by atoms with van der Waals surface area (Å²) in [5.74, 6) is 0.567. The molecule has 1 atom stereocenters. The highest BCUT2D eigenvalue weighted by molar-refractivity contribution is 7.89. The Labute approximate surface area is 118 Å². The molecule has 0 saturated heterocycles. The minimum Gasteiger partial charge on any atom is -0.507 e. The van der Waals surface area contributed by atoms with Crippen molar-refractivity contribution in [2.45, 2.75) is 30.7 Å². The van der Waals surface area contributed by atoms with E-state index in [1.54, 1.807) is 31.4 Å². The normalized spacial score (nSPS) is 13.2. The van der Waals surface area contributed by atoms with E-state index < -0.39 is 10.0 Å². The lowest BCUT2D eigenvalue weighted by atomic mass is 10.2. The zero-order chi connectivity index (χ0) is 14.6. The topological polar surface area (TPSA) is 79.5 Å². The van der Waals surface area contributed by atoms with Crippen LogP contribution >= 0.6 is 0 Å². The Hall–Kier alpha value is -1.79. The highest BCUT2D eigenvalue weighted by Crippen LogP contribution is 2.21. The van der Waals surface area contributed by atoms with E-state index in [1.165, 1.54) is 12.1 Å². The number of para-hydroxylation sites is 1. The molecule has 1 unspecified atom stereocenters. The van der Waals surface area contributed by atoms with Crippen LogP contribution in [0.3, 0.4) is 0 Å². The van der Waals surface area contributed by atoms with Gasteiger partial charge in [0.1, 0.15) is 16.4 Å². The van der Waals surface area contributed by atoms with Crippen molar-refractivity contribution in [3.8, 4) is 5.75 Å². The summed E-state index contributed by atoms with van der Waals surface area (Å²) in [6.07, 6.45) is 2.85. The van der Waals surface area contributed by atoms with Crippen LogP contribution in [0.2, 0.25) is 0 Å². The maximum atomic E-state index is 12.1. The van der Waals surface area contributed by atoms with Crippen molar-refractivity contribution in [2.75, 3.05) is 0 Å². The lowest BCUT2D eigenvalue weighted by molar-refractivity contribution is 0.455. The van der Waals surface area contributed by atoms with Crippen molar-refractivity contribution in [1.82, 2.24) is 4.72 Å². The van der Waals surface area contributed by atoms with Gasteiger partial charge in [-0.3, -0.25) is 0 Å². The van der Waals surface area contributed by atoms with Gasteiger partial charge >= 0.3 is 0 Å². The Balaban J connectivity index is 1.99. The zero-order valence-electron chi connectivity index (χ0n) is 11.1. The summed E-state index contributed by atoms with van der Waals surface area (Å²) >= 11 is 0. The van der Waals surface area contributed by atoms with E-state index in [9.17, 15) is 13.5 Å². The van der Waals surface area contributed by atoms with Gasteiger partial charge in [0.2, 0.25) is 10.0 Å². The number of sulfonamides is 1. The first-order valence-electron chi connectivity index (χ1n) is 6.32. The molecule has 6 heteroatoms. The minimum atomic E-state index is -3.71. The van der Waals surface area contributed by atoms with Crippen LogP contribution in [0.15, 0.2) is 52.0 Å². The molecule has 0 fully saturated rings. The van der Waals surface area contributed by atoms with Gasteiger partial charge < -0.3 is 9.52 Å². The first-order chi connectivity index (χ1) is 9.49. The first-order valence-corrected chi connectivity index (χ1v) is 7.80. The SMILES string of the molecule is CC(CCc1ccco1)NS(=O)(=O)c1ccccc1O. The number of phenolic OH excluding ortho intramolecular Hbond substituents is 1. The maximum absolute atomic E-state index is 12.1. The van der Waals surface area contributed by atoms with E-state index in [1.807, 2.05) is 6.07 Å². The molecule has 0 aliphatic carbocycles. The summed E-state index contributed by atoms with van der Waals surface area (Å²) in [5, 5.41) is 9.60. The minimum absolute atomic E-state index is 0.107. The molecule has 0 aliphatic heterocycles. The molecule has 1 aromatic carbocycles. The quantitative estimate of drug-likeness (QED) is 0.857. The summed E-state index contributed by atoms with van der Waals surface area (Å²) in [6, 6.07) is 9.26. The molecule has 2 rings (SSSR count). The third kappa shape index (κ3) is 3.61. The fraction of sp³-hybridized carbons (Fsp3) is 0.286. The van der Waals surface area contributed by atoms with Gasteiger partial charge in [-0.15, -0.1) is 0 Å². The molecule has 108 valence electrons. The molecule has 2 aromatic rings. The van der Waals surface area contributed by atoms with Crippen molar-refractivity contribution in [2.24, 2.45) is 0 Å². The second-order valence-corrected chi connectivity index (χ2v) is 6.29. The third-order valence-electron chi connectivity index (χ3n) is 2.91. The molecular formula is C14H17NO4S. The standard InChI is InChI=1S/C14H17NO4S/c1-11(8-9-12-5-4-10-19-12)15-20(17,18)14-7-3-2-6-13(14)16/h2-7,10-11,15-16H,8-9H2,1H3. The number of furan rings is 1. The molecule has 0 spiro atoms. The van der Waals surface area contributed by atoms with Gasteiger partial charge in [-0.1, -0.05) is 12.1 Å². The average Bonchev–Trinajstić information content (AvgIpc) is 2.89. The lowest BCUT2D eigenvalue weighted by Gasteiger charge is -2.14. The van der Waals surface area contributed by atoms with Crippen LogP contribution in [0.4, 0.5) is 0 Å². The lowest BCUT2D eigenvalue weighted by Crippen LogP contribution is -2.32. The van der Waals surface area contributed by atoms with Gasteiger partial charge in [0.05, 0.1) is 6.26 Å². The highest BCUT2D eigenvalue weighted by atomic mass is 32.2. The monoisotopic (exact) mass is 295 g/mol. The van der Waals surface area contributed by atoms with Crippen LogP contribution in [-0.4, -0.2) is 19.6 Å². The predicted molar refractivity (Wildman–Crippen MR) is 74.9 cm³/mol. The second kappa shape index (κ2) is 6.11. The molecule has 20 heavy (non-hydrogen) atoms. The summed E-state index contributed by atoms with van der Waals surface area (Å²) in [7, 11) is -3.71. The molecule has 1 aromatic heterocycles. The fourth-order valence-electron chi connectivity index (χ4n) is 1.89. The van der Waals surface area contributed by atoms with E-state index in [-0.39, 0.29) is 16.7 Å². The summed E-state index contributed by atoms with van der Waals surface area (Å²) in [4.78, 5) is -0.107. The van der Waals surface area contributed by atoms with E-state index >= 15 is 0 Å². The van der Waals surface area contributed by atoms with Crippen LogP contribution in [0.25, 0.3) is 0 Å². The van der Waals surface area contributed by atoms with Crippen LogP contribution in [0, 0.1) is 0 Å². The maximum Gasteiger partial charge on any atom is 0.244 e. The summed E-state index contributed by atoms with van der Waals surface area (Å²) in [6.45, 7) is 1.78. The molecule has 0 aliphatic rings. The van der Waals surface area contributed by atoms with E-state index in [0.29, 0.717) is 12.8 Å². The van der Waals surface area contributed by atoms with Gasteiger partial charge in [-0.2, -0.15) is 0 Å². The van der Waals surface area contributed by atoms with E-state index in [4.69, 9.17) is 4.42 Å². The number of aryl methyl sites for hydroxylation is 1. The second-order valence-electron chi connectivity index (χ2n) is 4.61. The Morgan fingerprint density at radius 2 is 2.00 bits per heavy atom. The van der Waals surface area contributed by atoms with Crippen molar-refractivity contribution in [3.63, 3.8) is 0 Å². The Morgan fingerprint density at radius 1 is 1.25 bits per heavy atom. The van der Waals surface area contributed by atoms with Gasteiger partial charge in [-0.05, 0) is 37.6 Å². The molecule has 1 heterocycles. The number of hydrogen-bond acceptors (Lipinski definition) is 4. The van der Waals surface area contributed by atoms with Crippen molar-refractivity contribution in [1.29, 1.82) is 0 Å². The number of phenols is 1. The molecular weight excluding hydrogens is 278 g/mol. The number of aromatic hydroxyl groups is 1. The van der Waals surface area contributed by atoms with E-state index in [0.717, 1.165) is 5.76 Å². The van der Waals surface area contributed by atoms with Gasteiger partial charge in [0.25, 0.3) is 0 Å². The Morgan fingerprint density at radius 3 is 2.65 bits per heavy atom. The average molecular weight is 295 g/mol. The molecule has 0 saturated carbocycles. The predicted octanol–water partition coefficient (Wildman–Crippen LogP) is 2.28. The number of rotatable bonds is 6. The highest BCUT2D eigenvalue weighted by Gasteiger charge is 2.20. The smallest absolute Gasteiger partial charge is 0.244 e. The van der Waals surface area contributed by atoms with Crippen LogP contribution in [0.5, 0.6) is 5.75 Å². The number of nitrogens with one attached hydrogen (secondary N) is 1. The molecule has 0 amide bonds. The van der Waals surface area contributed by atoms with Crippen LogP contribution < -0.4 is 4.72 Å². The Kier molecular flexibility index (Phi) is 4.46. The van der Waals surface area contributed by atoms with E-state index in [2.05, 4.69) is 4.72 Å². The largest absolute Gasteiger partial charge is 0.507 e. The number of benzene rings is 1. The van der Waals surface area contributed by atoms with Crippen LogP contribution in [-0.2, 0) is 16.4 Å². The fourth-order valence-corrected chi connectivity index (χ4v) is 3.26. The van der Waals surface area contributed by atoms with Gasteiger partial charge in [-0.25, -0.2) is 13.1 Å². The zero-order valence-corrected chi connectivity index (χ0v) is 11.9. The van der Waals surface area contributed by atoms with Crippen LogP contribution in [0.1, 0.15) is 19.1 Å². The summed E-state index contributed by atoms with van der Waals surface area (Å²) in [5.41, 5.74) is 0. The molecule has 0 bridgehead atoms. The first kappa shape index (κ1) is 14.6. The van der Waals surface area contributed by atoms with Crippen molar-refractivity contribution < 1.29 is 17.9 Å². The van der Waals surface area contributed by atoms with Crippen molar-refractivity contribution in [3.05, 3.63) is 48.4 Å². The Bertz CT molecular complexity index is 650. The molecule has 2 N–H and O–H groups in total. The van der Waals surface area contributed by atoms with Gasteiger partial charge in [0, 0.05) is 12.5 Å². The van der Waals surface area contributed by atoms with Crippen molar-refractivity contribution >= 4 is 10.0 Å². The molecule has 5 nitrogen and oxygen atoms in total.